The first-order valence-electron chi connectivity index (χ1n) is 8.59. The Hall–Kier alpha value is -1.85. The predicted molar refractivity (Wildman–Crippen MR) is 116 cm³/mol. The third kappa shape index (κ3) is 4.28. The van der Waals surface area contributed by atoms with Crippen LogP contribution in [-0.4, -0.2) is 32.2 Å². The molecule has 4 rings (SSSR count). The molecule has 0 saturated carbocycles. The summed E-state index contributed by atoms with van der Waals surface area (Å²) in [6, 6.07) is 5.82. The van der Waals surface area contributed by atoms with Crippen molar-refractivity contribution in [1.82, 2.24) is 19.3 Å². The highest BCUT2D eigenvalue weighted by Crippen LogP contribution is 2.32. The number of nitrogens with zero attached hydrogens (tertiary/aromatic N) is 5. The summed E-state index contributed by atoms with van der Waals surface area (Å²) in [5, 5.41) is 8.65. The molecule has 30 heavy (non-hydrogen) atoms. The van der Waals surface area contributed by atoms with Crippen LogP contribution in [0.3, 0.4) is 0 Å². The van der Waals surface area contributed by atoms with Crippen molar-refractivity contribution >= 4 is 45.7 Å². The van der Waals surface area contributed by atoms with Gasteiger partial charge in [-0.3, -0.25) is 4.79 Å². The van der Waals surface area contributed by atoms with E-state index in [0.29, 0.717) is 25.2 Å². The third-order valence-electron chi connectivity index (χ3n) is 4.52. The fourth-order valence-electron chi connectivity index (χ4n) is 3.20. The molecule has 0 aliphatic carbocycles. The van der Waals surface area contributed by atoms with Crippen LogP contribution in [0.4, 0.5) is 18.9 Å². The van der Waals surface area contributed by atoms with Gasteiger partial charge in [-0.2, -0.15) is 10.2 Å². The molecule has 0 N–H and O–H groups in total. The minimum atomic E-state index is -4.80. The van der Waals surface area contributed by atoms with Crippen LogP contribution in [0.1, 0.15) is 11.3 Å². The third-order valence-corrected chi connectivity index (χ3v) is 6.72. The number of anilines is 1. The first kappa shape index (κ1) is 21.4. The van der Waals surface area contributed by atoms with E-state index in [0.717, 1.165) is 11.3 Å². The van der Waals surface area contributed by atoms with E-state index in [1.807, 2.05) is 26.9 Å². The molecule has 3 heterocycles. The highest BCUT2D eigenvalue weighted by Gasteiger charge is 2.32. The van der Waals surface area contributed by atoms with Crippen molar-refractivity contribution in [2.75, 3.05) is 11.4 Å². The maximum atomic E-state index is 12.7. The molecule has 0 radical (unpaired) electrons. The van der Waals surface area contributed by atoms with Gasteiger partial charge in [0.15, 0.2) is 5.75 Å². The molecule has 158 valence electrons. The summed E-state index contributed by atoms with van der Waals surface area (Å²) >= 11 is 8.31. The summed E-state index contributed by atoms with van der Waals surface area (Å²) < 4.78 is 45.0. The number of hydrogen-bond donors (Lipinski definition) is 0. The van der Waals surface area contributed by atoms with E-state index in [-0.39, 0.29) is 28.4 Å². The Labute approximate surface area is 188 Å². The van der Waals surface area contributed by atoms with Gasteiger partial charge in [0.25, 0.3) is 5.56 Å². The van der Waals surface area contributed by atoms with Crippen LogP contribution in [0, 0.1) is 0 Å². The normalized spacial score (nSPS) is 14.4. The van der Waals surface area contributed by atoms with E-state index in [1.165, 1.54) is 27.3 Å². The van der Waals surface area contributed by atoms with Crippen LogP contribution in [-0.2, 0) is 13.0 Å². The fraction of sp³-hybridized carbons (Fsp3) is 0.235. The van der Waals surface area contributed by atoms with Gasteiger partial charge in [0.2, 0.25) is 0 Å². The molecule has 0 saturated heterocycles. The molecule has 1 aliphatic heterocycles. The minimum absolute atomic E-state index is 0.0916. The summed E-state index contributed by atoms with van der Waals surface area (Å²) in [6.45, 7) is 0.942. The molecule has 0 fully saturated rings. The quantitative estimate of drug-likeness (QED) is 0.346. The molecule has 1 aromatic carbocycles. The van der Waals surface area contributed by atoms with Crippen molar-refractivity contribution in [3.8, 4) is 11.4 Å². The molecule has 3 aromatic rings. The number of rotatable bonds is 4. The zero-order valence-corrected chi connectivity index (χ0v) is 18.9. The number of alkyl halides is 3. The van der Waals surface area contributed by atoms with Crippen LogP contribution < -0.4 is 15.2 Å². The average molecular weight is 570 g/mol. The molecule has 7 nitrogen and oxygen atoms in total. The summed E-state index contributed by atoms with van der Waals surface area (Å²) in [5.41, 5.74) is 1.92. The van der Waals surface area contributed by atoms with E-state index in [1.54, 1.807) is 18.5 Å². The zero-order valence-electron chi connectivity index (χ0n) is 15.0. The van der Waals surface area contributed by atoms with Gasteiger partial charge in [0.1, 0.15) is 10.7 Å². The fourth-order valence-corrected chi connectivity index (χ4v) is 4.84. The first-order chi connectivity index (χ1) is 14.3. The largest absolute Gasteiger partial charge is 0.573 e. The number of halogens is 5. The second kappa shape index (κ2) is 8.35. The van der Waals surface area contributed by atoms with E-state index >= 15 is 0 Å². The maximum Gasteiger partial charge on any atom is 0.573 e. The second-order valence-corrected chi connectivity index (χ2v) is 8.80. The maximum absolute atomic E-state index is 12.7. The SMILES string of the molecule is O=c1c(Cl)c(N2CCc3nn(-c4ccccc4OC(F)(F)F)cc3C2)cnn1PI. The van der Waals surface area contributed by atoms with Gasteiger partial charge in [-0.25, -0.2) is 9.13 Å². The number of benzene rings is 1. The smallest absolute Gasteiger partial charge is 0.403 e. The number of ether oxygens (including phenoxy) is 1. The van der Waals surface area contributed by atoms with Gasteiger partial charge >= 0.3 is 6.36 Å². The van der Waals surface area contributed by atoms with E-state index in [4.69, 9.17) is 11.6 Å². The summed E-state index contributed by atoms with van der Waals surface area (Å²) in [7, 11) is 0. The van der Waals surface area contributed by atoms with Gasteiger partial charge in [0.05, 0.1) is 24.0 Å². The van der Waals surface area contributed by atoms with Crippen LogP contribution in [0.15, 0.2) is 41.5 Å². The summed E-state index contributed by atoms with van der Waals surface area (Å²) in [6.07, 6.45) is -0.912. The van der Waals surface area contributed by atoms with Gasteiger partial charge in [-0.15, -0.1) is 13.2 Å². The minimum Gasteiger partial charge on any atom is -0.403 e. The molecule has 1 unspecified atom stereocenters. The second-order valence-electron chi connectivity index (χ2n) is 6.38. The molecule has 2 aromatic heterocycles. The standard InChI is InChI=1S/C17H13ClF3IN5O2P/c18-15-13(7-23-27(30-22)16(15)28)25-6-5-11-10(8-25)9-26(24-11)12-3-1-2-4-14(12)29-17(19,20)21/h1-4,7,9,30H,5-6,8H2. The molecule has 0 amide bonds. The molecular formula is C17H13ClF3IN5O2P. The molecule has 0 bridgehead atoms. The average Bonchev–Trinajstić information content (AvgIpc) is 3.12. The van der Waals surface area contributed by atoms with E-state index in [2.05, 4.69) is 14.9 Å². The number of fused-ring (bicyclic) bond motifs is 1. The van der Waals surface area contributed by atoms with Gasteiger partial charge in [-0.1, -0.05) is 23.7 Å². The lowest BCUT2D eigenvalue weighted by Gasteiger charge is -2.28. The van der Waals surface area contributed by atoms with Crippen molar-refractivity contribution in [3.63, 3.8) is 0 Å². The van der Waals surface area contributed by atoms with Crippen molar-refractivity contribution in [1.29, 1.82) is 0 Å². The lowest BCUT2D eigenvalue weighted by atomic mass is 10.1. The molecule has 0 spiro atoms. The van der Waals surface area contributed by atoms with Crippen LogP contribution in [0.2, 0.25) is 5.02 Å². The number of para-hydroxylation sites is 2. The van der Waals surface area contributed by atoms with Crippen LogP contribution in [0.5, 0.6) is 5.75 Å². The highest BCUT2D eigenvalue weighted by atomic mass is 127. The molecule has 1 aliphatic rings. The zero-order chi connectivity index (χ0) is 21.5. The van der Waals surface area contributed by atoms with Gasteiger partial charge in [0, 0.05) is 31.3 Å². The van der Waals surface area contributed by atoms with Gasteiger partial charge < -0.3 is 9.64 Å². The summed E-state index contributed by atoms with van der Waals surface area (Å²) in [5.74, 6) is -0.336. The van der Waals surface area contributed by atoms with Gasteiger partial charge in [-0.05, 0) is 34.2 Å². The topological polar surface area (TPSA) is 65.2 Å². The van der Waals surface area contributed by atoms with Crippen molar-refractivity contribution in [2.45, 2.75) is 19.3 Å². The molecular weight excluding hydrogens is 557 g/mol. The van der Waals surface area contributed by atoms with Crippen LogP contribution >= 0.6 is 40.0 Å². The van der Waals surface area contributed by atoms with Crippen molar-refractivity contribution < 1.29 is 17.9 Å². The predicted octanol–water partition coefficient (Wildman–Crippen LogP) is 4.34. The Morgan fingerprint density at radius 3 is 2.73 bits per heavy atom. The summed E-state index contributed by atoms with van der Waals surface area (Å²) in [4.78, 5) is 14.2. The Morgan fingerprint density at radius 2 is 2.00 bits per heavy atom. The van der Waals surface area contributed by atoms with E-state index < -0.39 is 6.36 Å². The van der Waals surface area contributed by atoms with E-state index in [9.17, 15) is 18.0 Å². The lowest BCUT2D eigenvalue weighted by molar-refractivity contribution is -0.274. The molecule has 1 atom stereocenters. The first-order valence-corrected chi connectivity index (χ1v) is 13.0. The highest BCUT2D eigenvalue weighted by molar-refractivity contribution is 14.2. The lowest BCUT2D eigenvalue weighted by Crippen LogP contribution is -2.32. The van der Waals surface area contributed by atoms with Crippen molar-refractivity contribution in [2.24, 2.45) is 0 Å². The Morgan fingerprint density at radius 1 is 1.23 bits per heavy atom. The van der Waals surface area contributed by atoms with Crippen molar-refractivity contribution in [3.05, 3.63) is 63.3 Å². The molecule has 13 heteroatoms. The number of aromatic nitrogens is 4. The number of hydrogen-bond acceptors (Lipinski definition) is 5. The van der Waals surface area contributed by atoms with Crippen LogP contribution in [0.25, 0.3) is 5.69 Å². The monoisotopic (exact) mass is 569 g/mol. The Kier molecular flexibility index (Phi) is 5.95. The Balaban J connectivity index is 1.64. The Bertz CT molecular complexity index is 1150.